The largest absolute Gasteiger partial charge is 0.298 e. The van der Waals surface area contributed by atoms with Crippen molar-refractivity contribution >= 4 is 5.78 Å². The van der Waals surface area contributed by atoms with Gasteiger partial charge in [0.2, 0.25) is 0 Å². The molecular weight excluding hydrogens is 184 g/mol. The molecule has 15 heavy (non-hydrogen) atoms. The highest BCUT2D eigenvalue weighted by atomic mass is 16.1. The molecule has 0 bridgehead atoms. The molecule has 1 heteroatoms. The maximum atomic E-state index is 12.2. The van der Waals surface area contributed by atoms with Crippen LogP contribution in [0.1, 0.15) is 45.6 Å². The summed E-state index contributed by atoms with van der Waals surface area (Å²) in [5, 5.41) is 0. The molecular formula is C14H20O. The Labute approximate surface area is 92.5 Å². The van der Waals surface area contributed by atoms with E-state index in [0.29, 0.717) is 5.78 Å². The van der Waals surface area contributed by atoms with Gasteiger partial charge in [0.15, 0.2) is 0 Å². The number of benzene rings is 1. The van der Waals surface area contributed by atoms with E-state index in [9.17, 15) is 4.79 Å². The minimum Gasteiger partial charge on any atom is -0.298 e. The average Bonchev–Trinajstić information content (AvgIpc) is 2.19. The Kier molecular flexibility index (Phi) is 3.67. The zero-order valence-corrected chi connectivity index (χ0v) is 10.1. The maximum absolute atomic E-state index is 12.2. The number of ketones is 1. The Morgan fingerprint density at radius 3 is 2.13 bits per heavy atom. The summed E-state index contributed by atoms with van der Waals surface area (Å²) in [6, 6.07) is 10.1. The molecule has 0 unspecified atom stereocenters. The second kappa shape index (κ2) is 4.61. The van der Waals surface area contributed by atoms with Crippen LogP contribution in [0, 0.1) is 5.41 Å². The number of carbonyl (C=O) groups excluding carboxylic acids is 1. The summed E-state index contributed by atoms with van der Waals surface area (Å²) in [5.41, 5.74) is 0.885. The Balaban J connectivity index is 2.96. The maximum Gasteiger partial charge on any atom is 0.145 e. The fourth-order valence-corrected chi connectivity index (χ4v) is 1.78. The van der Waals surface area contributed by atoms with Gasteiger partial charge in [0, 0.05) is 11.3 Å². The Hall–Kier alpha value is -1.11. The number of carbonyl (C=O) groups is 1. The van der Waals surface area contributed by atoms with E-state index in [1.807, 2.05) is 51.1 Å². The van der Waals surface area contributed by atoms with E-state index >= 15 is 0 Å². The predicted octanol–water partition coefficient (Wildman–Crippen LogP) is 3.80. The highest BCUT2D eigenvalue weighted by molar-refractivity contribution is 5.90. The molecule has 1 aromatic carbocycles. The van der Waals surface area contributed by atoms with E-state index in [2.05, 4.69) is 6.92 Å². The smallest absolute Gasteiger partial charge is 0.145 e. The van der Waals surface area contributed by atoms with Crippen molar-refractivity contribution in [1.29, 1.82) is 0 Å². The van der Waals surface area contributed by atoms with Crippen molar-refractivity contribution in [2.75, 3.05) is 0 Å². The molecule has 0 N–H and O–H groups in total. The molecule has 1 nitrogen and oxygen atoms in total. The standard InChI is InChI=1S/C14H20O/c1-5-12(13(15)14(2,3)4)11-9-7-6-8-10-11/h6-10,12H,5H2,1-4H3/t12-/m0/s1. The van der Waals surface area contributed by atoms with E-state index < -0.39 is 0 Å². The third-order valence-corrected chi connectivity index (χ3v) is 2.67. The quantitative estimate of drug-likeness (QED) is 0.732. The van der Waals surface area contributed by atoms with Gasteiger partial charge < -0.3 is 0 Å². The third-order valence-electron chi connectivity index (χ3n) is 2.67. The summed E-state index contributed by atoms with van der Waals surface area (Å²) in [7, 11) is 0. The summed E-state index contributed by atoms with van der Waals surface area (Å²) < 4.78 is 0. The second-order valence-corrected chi connectivity index (χ2v) is 4.99. The molecule has 0 radical (unpaired) electrons. The van der Waals surface area contributed by atoms with E-state index in [-0.39, 0.29) is 11.3 Å². The predicted molar refractivity (Wildman–Crippen MR) is 63.9 cm³/mol. The summed E-state index contributed by atoms with van der Waals surface area (Å²) in [6.07, 6.45) is 0.875. The minimum absolute atomic E-state index is 0.0474. The number of rotatable bonds is 3. The molecule has 82 valence electrons. The van der Waals surface area contributed by atoms with Crippen molar-refractivity contribution in [3.05, 3.63) is 35.9 Å². The van der Waals surface area contributed by atoms with Gasteiger partial charge in [-0.25, -0.2) is 0 Å². The zero-order chi connectivity index (χ0) is 11.5. The first-order chi connectivity index (χ1) is 6.96. The van der Waals surface area contributed by atoms with Crippen LogP contribution in [0.3, 0.4) is 0 Å². The van der Waals surface area contributed by atoms with Crippen LogP contribution in [-0.4, -0.2) is 5.78 Å². The van der Waals surface area contributed by atoms with Gasteiger partial charge in [-0.2, -0.15) is 0 Å². The van der Waals surface area contributed by atoms with E-state index in [4.69, 9.17) is 0 Å². The molecule has 0 saturated heterocycles. The molecule has 1 aromatic rings. The molecule has 1 rings (SSSR count). The van der Waals surface area contributed by atoms with Gasteiger partial charge in [-0.15, -0.1) is 0 Å². The average molecular weight is 204 g/mol. The lowest BCUT2D eigenvalue weighted by Gasteiger charge is -2.24. The molecule has 1 atom stereocenters. The van der Waals surface area contributed by atoms with Gasteiger partial charge in [-0.1, -0.05) is 58.0 Å². The second-order valence-electron chi connectivity index (χ2n) is 4.99. The zero-order valence-electron chi connectivity index (χ0n) is 10.1. The Bertz CT molecular complexity index is 319. The highest BCUT2D eigenvalue weighted by Crippen LogP contribution is 2.29. The van der Waals surface area contributed by atoms with Crippen molar-refractivity contribution < 1.29 is 4.79 Å². The summed E-state index contributed by atoms with van der Waals surface area (Å²) in [6.45, 7) is 8.03. The Morgan fingerprint density at radius 2 is 1.73 bits per heavy atom. The van der Waals surface area contributed by atoms with Crippen molar-refractivity contribution in [3.8, 4) is 0 Å². The lowest BCUT2D eigenvalue weighted by Crippen LogP contribution is -2.26. The molecule has 0 aromatic heterocycles. The van der Waals surface area contributed by atoms with Crippen molar-refractivity contribution in [2.45, 2.75) is 40.0 Å². The van der Waals surface area contributed by atoms with Crippen LogP contribution in [0.25, 0.3) is 0 Å². The lowest BCUT2D eigenvalue weighted by atomic mass is 9.79. The van der Waals surface area contributed by atoms with Crippen LogP contribution >= 0.6 is 0 Å². The first kappa shape index (κ1) is 12.0. The lowest BCUT2D eigenvalue weighted by molar-refractivity contribution is -0.127. The molecule has 0 fully saturated rings. The molecule has 0 amide bonds. The fourth-order valence-electron chi connectivity index (χ4n) is 1.78. The van der Waals surface area contributed by atoms with Gasteiger partial charge in [-0.3, -0.25) is 4.79 Å². The first-order valence-corrected chi connectivity index (χ1v) is 5.56. The van der Waals surface area contributed by atoms with Crippen LogP contribution in [0.5, 0.6) is 0 Å². The topological polar surface area (TPSA) is 17.1 Å². The normalized spacial score (nSPS) is 13.6. The van der Waals surface area contributed by atoms with Gasteiger partial charge >= 0.3 is 0 Å². The summed E-state index contributed by atoms with van der Waals surface area (Å²) in [4.78, 5) is 12.2. The number of hydrogen-bond acceptors (Lipinski definition) is 1. The van der Waals surface area contributed by atoms with Crippen molar-refractivity contribution in [1.82, 2.24) is 0 Å². The van der Waals surface area contributed by atoms with Gasteiger partial charge in [0.05, 0.1) is 0 Å². The van der Waals surface area contributed by atoms with Crippen LogP contribution in [0.4, 0.5) is 0 Å². The molecule has 0 saturated carbocycles. The van der Waals surface area contributed by atoms with E-state index in [0.717, 1.165) is 12.0 Å². The third kappa shape index (κ3) is 2.92. The molecule has 0 spiro atoms. The molecule has 0 aliphatic heterocycles. The van der Waals surface area contributed by atoms with E-state index in [1.165, 1.54) is 0 Å². The summed E-state index contributed by atoms with van der Waals surface area (Å²) >= 11 is 0. The van der Waals surface area contributed by atoms with Crippen LogP contribution in [0.2, 0.25) is 0 Å². The Morgan fingerprint density at radius 1 is 1.20 bits per heavy atom. The van der Waals surface area contributed by atoms with Crippen molar-refractivity contribution in [2.24, 2.45) is 5.41 Å². The van der Waals surface area contributed by atoms with Crippen molar-refractivity contribution in [3.63, 3.8) is 0 Å². The fraction of sp³-hybridized carbons (Fsp3) is 0.500. The van der Waals surface area contributed by atoms with Gasteiger partial charge in [0.1, 0.15) is 5.78 Å². The van der Waals surface area contributed by atoms with Crippen LogP contribution in [0.15, 0.2) is 30.3 Å². The minimum atomic E-state index is -0.253. The van der Waals surface area contributed by atoms with Gasteiger partial charge in [-0.05, 0) is 12.0 Å². The number of Topliss-reactive ketones (excluding diaryl/α,β-unsaturated/α-hetero) is 1. The van der Waals surface area contributed by atoms with Crippen LogP contribution < -0.4 is 0 Å². The molecule has 0 heterocycles. The SMILES string of the molecule is CC[C@H](C(=O)C(C)(C)C)c1ccccc1. The molecule has 0 aliphatic rings. The number of hydrogen-bond donors (Lipinski definition) is 0. The summed E-state index contributed by atoms with van der Waals surface area (Å²) in [5.74, 6) is 0.377. The van der Waals surface area contributed by atoms with Gasteiger partial charge in [0.25, 0.3) is 0 Å². The highest BCUT2D eigenvalue weighted by Gasteiger charge is 2.29. The monoisotopic (exact) mass is 204 g/mol. The first-order valence-electron chi connectivity index (χ1n) is 5.56. The van der Waals surface area contributed by atoms with E-state index in [1.54, 1.807) is 0 Å². The van der Waals surface area contributed by atoms with Crippen LogP contribution in [-0.2, 0) is 4.79 Å². The molecule has 0 aliphatic carbocycles.